The summed E-state index contributed by atoms with van der Waals surface area (Å²) in [5.74, 6) is 0.627. The maximum atomic E-state index is 13.8. The number of alkyl halides is 1. The first-order valence-electron chi connectivity index (χ1n) is 5.87. The molecule has 0 amide bonds. The van der Waals surface area contributed by atoms with Gasteiger partial charge < -0.3 is 9.47 Å². The quantitative estimate of drug-likeness (QED) is 0.662. The van der Waals surface area contributed by atoms with Gasteiger partial charge in [0.25, 0.3) is 0 Å². The summed E-state index contributed by atoms with van der Waals surface area (Å²) in [6, 6.07) is 10.6. The van der Waals surface area contributed by atoms with Crippen LogP contribution in [0.5, 0.6) is 11.5 Å². The lowest BCUT2D eigenvalue weighted by Crippen LogP contribution is -1.97. The van der Waals surface area contributed by atoms with Crippen LogP contribution in [0.2, 0.25) is 0 Å². The Morgan fingerprint density at radius 2 is 1.80 bits per heavy atom. The Balaban J connectivity index is 2.35. The van der Waals surface area contributed by atoms with Crippen molar-refractivity contribution in [1.82, 2.24) is 0 Å². The van der Waals surface area contributed by atoms with E-state index in [1.807, 2.05) is 24.3 Å². The molecule has 0 aliphatic carbocycles. The molecule has 0 aliphatic rings. The minimum absolute atomic E-state index is 0.122. The number of methoxy groups -OCH3 is 2. The van der Waals surface area contributed by atoms with E-state index in [-0.39, 0.29) is 16.4 Å². The van der Waals surface area contributed by atoms with Gasteiger partial charge >= 0.3 is 0 Å². The smallest absolute Gasteiger partial charge is 0.165 e. The van der Waals surface area contributed by atoms with Crippen LogP contribution < -0.4 is 9.47 Å². The molecule has 2 aromatic rings. The van der Waals surface area contributed by atoms with Crippen molar-refractivity contribution < 1.29 is 13.9 Å². The van der Waals surface area contributed by atoms with Crippen molar-refractivity contribution in [2.24, 2.45) is 0 Å². The molecule has 0 aliphatic heterocycles. The van der Waals surface area contributed by atoms with Gasteiger partial charge in [-0.05, 0) is 35.4 Å². The molecule has 0 saturated carbocycles. The number of ether oxygens (including phenoxy) is 2. The molecule has 0 spiro atoms. The van der Waals surface area contributed by atoms with E-state index >= 15 is 0 Å². The van der Waals surface area contributed by atoms with Crippen LogP contribution in [-0.2, 0) is 0 Å². The van der Waals surface area contributed by atoms with Crippen molar-refractivity contribution in [3.8, 4) is 11.5 Å². The molecule has 2 nitrogen and oxygen atoms in total. The summed E-state index contributed by atoms with van der Waals surface area (Å²) < 4.78 is 24.8. The normalized spacial score (nSPS) is 12.1. The van der Waals surface area contributed by atoms with E-state index in [2.05, 4.69) is 31.9 Å². The number of halogens is 3. The van der Waals surface area contributed by atoms with E-state index < -0.39 is 0 Å². The molecule has 0 N–H and O–H groups in total. The van der Waals surface area contributed by atoms with Crippen molar-refractivity contribution >= 4 is 31.9 Å². The molecule has 2 aromatic carbocycles. The van der Waals surface area contributed by atoms with E-state index in [4.69, 9.17) is 9.47 Å². The van der Waals surface area contributed by atoms with Crippen LogP contribution in [0.4, 0.5) is 4.39 Å². The summed E-state index contributed by atoms with van der Waals surface area (Å²) in [5, 5.41) is 0. The van der Waals surface area contributed by atoms with E-state index in [1.54, 1.807) is 13.2 Å². The molecular formula is C15H13Br2FO2. The predicted octanol–water partition coefficient (Wildman–Crippen LogP) is 5.09. The molecule has 1 atom stereocenters. The number of rotatable bonds is 4. The van der Waals surface area contributed by atoms with Crippen LogP contribution in [0, 0.1) is 5.82 Å². The zero-order chi connectivity index (χ0) is 14.7. The lowest BCUT2D eigenvalue weighted by atomic mass is 10.0. The van der Waals surface area contributed by atoms with E-state index in [0.717, 1.165) is 21.3 Å². The number of benzene rings is 2. The van der Waals surface area contributed by atoms with Crippen molar-refractivity contribution in [3.05, 3.63) is 57.8 Å². The maximum Gasteiger partial charge on any atom is 0.165 e. The van der Waals surface area contributed by atoms with Crippen molar-refractivity contribution in [3.63, 3.8) is 0 Å². The summed E-state index contributed by atoms with van der Waals surface area (Å²) in [4.78, 5) is -0.122. The van der Waals surface area contributed by atoms with Gasteiger partial charge in [0.05, 0.1) is 19.0 Å². The highest BCUT2D eigenvalue weighted by atomic mass is 79.9. The Kier molecular flexibility index (Phi) is 5.05. The fourth-order valence-electron chi connectivity index (χ4n) is 1.86. The second-order valence-corrected chi connectivity index (χ2v) is 5.91. The summed E-state index contributed by atoms with van der Waals surface area (Å²) in [6.45, 7) is 0. The highest BCUT2D eigenvalue weighted by Gasteiger charge is 2.16. The second-order valence-electron chi connectivity index (χ2n) is 4.14. The van der Waals surface area contributed by atoms with Gasteiger partial charge in [-0.15, -0.1) is 0 Å². The second kappa shape index (κ2) is 6.59. The SMILES string of the molecule is COc1ccc(C(Br)c2ccc(OC)c(F)c2)c(Br)c1. The lowest BCUT2D eigenvalue weighted by molar-refractivity contribution is 0.386. The van der Waals surface area contributed by atoms with Crippen LogP contribution in [-0.4, -0.2) is 14.2 Å². The Bertz CT molecular complexity index is 617. The van der Waals surface area contributed by atoms with Crippen molar-refractivity contribution in [1.29, 1.82) is 0 Å². The molecule has 1 unspecified atom stereocenters. The molecule has 2 rings (SSSR count). The van der Waals surface area contributed by atoms with E-state index in [9.17, 15) is 4.39 Å². The zero-order valence-corrected chi connectivity index (χ0v) is 14.2. The van der Waals surface area contributed by atoms with E-state index in [0.29, 0.717) is 0 Å². The van der Waals surface area contributed by atoms with Crippen LogP contribution >= 0.6 is 31.9 Å². The summed E-state index contributed by atoms with van der Waals surface area (Å²) in [6.07, 6.45) is 0. The minimum atomic E-state index is -0.376. The van der Waals surface area contributed by atoms with Gasteiger partial charge in [0, 0.05) is 4.47 Å². The molecule has 5 heteroatoms. The van der Waals surface area contributed by atoms with Gasteiger partial charge in [-0.3, -0.25) is 0 Å². The molecule has 0 aromatic heterocycles. The Hall–Kier alpha value is -1.07. The topological polar surface area (TPSA) is 18.5 Å². The highest BCUT2D eigenvalue weighted by Crippen LogP contribution is 2.38. The zero-order valence-electron chi connectivity index (χ0n) is 11.0. The first-order chi connectivity index (χ1) is 9.56. The van der Waals surface area contributed by atoms with Gasteiger partial charge in [0.15, 0.2) is 11.6 Å². The standard InChI is InChI=1S/C15H13Br2FO2/c1-19-10-4-5-11(12(16)8-10)15(17)9-3-6-14(20-2)13(18)7-9/h3-8,15H,1-2H3. The van der Waals surface area contributed by atoms with E-state index in [1.165, 1.54) is 13.2 Å². The van der Waals surface area contributed by atoms with Crippen molar-refractivity contribution in [2.75, 3.05) is 14.2 Å². The first-order valence-corrected chi connectivity index (χ1v) is 7.58. The molecule has 0 saturated heterocycles. The summed E-state index contributed by atoms with van der Waals surface area (Å²) in [7, 11) is 3.07. The molecule has 0 bridgehead atoms. The highest BCUT2D eigenvalue weighted by molar-refractivity contribution is 9.11. The monoisotopic (exact) mass is 402 g/mol. The number of hydrogen-bond donors (Lipinski definition) is 0. The average Bonchev–Trinajstić information content (AvgIpc) is 2.46. The molecule has 20 heavy (non-hydrogen) atoms. The van der Waals surface area contributed by atoms with Crippen molar-refractivity contribution in [2.45, 2.75) is 4.83 Å². The molecule has 0 fully saturated rings. The number of hydrogen-bond acceptors (Lipinski definition) is 2. The molecule has 0 heterocycles. The third-order valence-corrected chi connectivity index (χ3v) is 4.66. The van der Waals surface area contributed by atoms with Gasteiger partial charge in [0.1, 0.15) is 5.75 Å². The first kappa shape index (κ1) is 15.3. The minimum Gasteiger partial charge on any atom is -0.497 e. The largest absolute Gasteiger partial charge is 0.497 e. The van der Waals surface area contributed by atoms with Gasteiger partial charge in [0.2, 0.25) is 0 Å². The van der Waals surface area contributed by atoms with Crippen LogP contribution in [0.25, 0.3) is 0 Å². The van der Waals surface area contributed by atoms with Crippen LogP contribution in [0.1, 0.15) is 16.0 Å². The third kappa shape index (κ3) is 3.15. The van der Waals surface area contributed by atoms with Crippen LogP contribution in [0.3, 0.4) is 0 Å². The third-order valence-electron chi connectivity index (χ3n) is 2.95. The summed E-state index contributed by atoms with van der Waals surface area (Å²) >= 11 is 7.10. The van der Waals surface area contributed by atoms with Gasteiger partial charge in [-0.25, -0.2) is 4.39 Å². The summed E-state index contributed by atoms with van der Waals surface area (Å²) in [5.41, 5.74) is 1.81. The molecule has 0 radical (unpaired) electrons. The maximum absolute atomic E-state index is 13.8. The van der Waals surface area contributed by atoms with Gasteiger partial charge in [-0.1, -0.05) is 44.0 Å². The van der Waals surface area contributed by atoms with Gasteiger partial charge in [-0.2, -0.15) is 0 Å². The molecular weight excluding hydrogens is 391 g/mol. The Morgan fingerprint density at radius 1 is 1.05 bits per heavy atom. The Labute approximate surface area is 134 Å². The van der Waals surface area contributed by atoms with Crippen LogP contribution in [0.15, 0.2) is 40.9 Å². The fourth-order valence-corrected chi connectivity index (χ4v) is 3.44. The molecule has 106 valence electrons. The predicted molar refractivity (Wildman–Crippen MR) is 84.4 cm³/mol. The Morgan fingerprint density at radius 3 is 2.35 bits per heavy atom. The lowest BCUT2D eigenvalue weighted by Gasteiger charge is -2.14. The average molecular weight is 404 g/mol. The fraction of sp³-hybridized carbons (Fsp3) is 0.200.